The Bertz CT molecular complexity index is 287. The molecule has 0 spiro atoms. The number of rotatable bonds is 3. The lowest BCUT2D eigenvalue weighted by Crippen LogP contribution is -2.10. The number of hydrogen-bond acceptors (Lipinski definition) is 0. The molecule has 84 valence electrons. The highest BCUT2D eigenvalue weighted by atomic mass is 14.2. The van der Waals surface area contributed by atoms with Crippen molar-refractivity contribution in [2.24, 2.45) is 0 Å². The van der Waals surface area contributed by atoms with Crippen molar-refractivity contribution in [1.29, 1.82) is 0 Å². The molecule has 0 fully saturated rings. The lowest BCUT2D eigenvalue weighted by Gasteiger charge is -2.20. The first-order chi connectivity index (χ1) is 6.95. The molecular weight excluding hydrogens is 180 g/mol. The van der Waals surface area contributed by atoms with Gasteiger partial charge in [0.1, 0.15) is 0 Å². The molecule has 1 aromatic carbocycles. The van der Waals surface area contributed by atoms with Crippen molar-refractivity contribution in [2.75, 3.05) is 0 Å². The Morgan fingerprint density at radius 3 is 2.00 bits per heavy atom. The minimum Gasteiger partial charge on any atom is -0.0654 e. The van der Waals surface area contributed by atoms with Crippen molar-refractivity contribution in [1.82, 2.24) is 0 Å². The van der Waals surface area contributed by atoms with Crippen molar-refractivity contribution in [3.05, 3.63) is 35.4 Å². The van der Waals surface area contributed by atoms with Crippen LogP contribution in [0.25, 0.3) is 0 Å². The predicted octanol–water partition coefficient (Wildman–Crippen LogP) is 4.89. The Morgan fingerprint density at radius 1 is 1.07 bits per heavy atom. The second-order valence-corrected chi connectivity index (χ2v) is 5.56. The zero-order valence-corrected chi connectivity index (χ0v) is 10.8. The second-order valence-electron chi connectivity index (χ2n) is 5.56. The zero-order chi connectivity index (χ0) is 11.5. The lowest BCUT2D eigenvalue weighted by molar-refractivity contribution is 0.588. The van der Waals surface area contributed by atoms with Gasteiger partial charge < -0.3 is 0 Å². The van der Waals surface area contributed by atoms with Gasteiger partial charge in [0.05, 0.1) is 0 Å². The van der Waals surface area contributed by atoms with Gasteiger partial charge in [0.25, 0.3) is 0 Å². The lowest BCUT2D eigenvalue weighted by atomic mass is 9.85. The van der Waals surface area contributed by atoms with Crippen LogP contribution in [0.3, 0.4) is 0 Å². The van der Waals surface area contributed by atoms with Crippen LogP contribution in [0.5, 0.6) is 0 Å². The highest BCUT2D eigenvalue weighted by Gasteiger charge is 2.13. The first-order valence-electron chi connectivity index (χ1n) is 6.05. The molecule has 0 bridgehead atoms. The molecule has 0 saturated heterocycles. The summed E-state index contributed by atoms with van der Waals surface area (Å²) in [5.41, 5.74) is 3.17. The van der Waals surface area contributed by atoms with Crippen LogP contribution in [0.4, 0.5) is 0 Å². The van der Waals surface area contributed by atoms with E-state index in [4.69, 9.17) is 0 Å². The van der Waals surface area contributed by atoms with E-state index < -0.39 is 0 Å². The maximum Gasteiger partial charge on any atom is -0.0132 e. The Balaban J connectivity index is 2.81. The molecule has 1 atom stereocenters. The van der Waals surface area contributed by atoms with Gasteiger partial charge in [-0.05, 0) is 28.9 Å². The standard InChI is InChI=1S/C15H24/c1-6-7-12(2)13-8-10-14(11-9-13)15(3,4)5/h8-12H,6-7H2,1-5H3. The summed E-state index contributed by atoms with van der Waals surface area (Å²) in [4.78, 5) is 0. The molecule has 1 unspecified atom stereocenters. The summed E-state index contributed by atoms with van der Waals surface area (Å²) in [5.74, 6) is 0.698. The molecule has 0 N–H and O–H groups in total. The topological polar surface area (TPSA) is 0 Å². The van der Waals surface area contributed by atoms with Gasteiger partial charge in [-0.25, -0.2) is 0 Å². The molecule has 0 heterocycles. The highest BCUT2D eigenvalue weighted by molar-refractivity contribution is 5.29. The van der Waals surface area contributed by atoms with E-state index in [1.165, 1.54) is 24.0 Å². The summed E-state index contributed by atoms with van der Waals surface area (Å²) in [6, 6.07) is 9.14. The minimum atomic E-state index is 0.270. The van der Waals surface area contributed by atoms with Crippen LogP contribution in [0, 0.1) is 0 Å². The van der Waals surface area contributed by atoms with Gasteiger partial charge >= 0.3 is 0 Å². The Hall–Kier alpha value is -0.780. The van der Waals surface area contributed by atoms with E-state index in [0.717, 1.165) is 0 Å². The second kappa shape index (κ2) is 4.83. The molecule has 15 heavy (non-hydrogen) atoms. The molecule has 1 rings (SSSR count). The Kier molecular flexibility index (Phi) is 3.96. The van der Waals surface area contributed by atoms with Gasteiger partial charge in [-0.15, -0.1) is 0 Å². The van der Waals surface area contributed by atoms with Crippen LogP contribution in [-0.2, 0) is 5.41 Å². The van der Waals surface area contributed by atoms with E-state index >= 15 is 0 Å². The summed E-state index contributed by atoms with van der Waals surface area (Å²) in [6.07, 6.45) is 2.55. The smallest absolute Gasteiger partial charge is 0.0132 e. The summed E-state index contributed by atoms with van der Waals surface area (Å²) < 4.78 is 0. The van der Waals surface area contributed by atoms with Crippen LogP contribution in [0.15, 0.2) is 24.3 Å². The van der Waals surface area contributed by atoms with Crippen LogP contribution >= 0.6 is 0 Å². The number of benzene rings is 1. The monoisotopic (exact) mass is 204 g/mol. The third-order valence-corrected chi connectivity index (χ3v) is 3.07. The minimum absolute atomic E-state index is 0.270. The third-order valence-electron chi connectivity index (χ3n) is 3.07. The van der Waals surface area contributed by atoms with Crippen LogP contribution < -0.4 is 0 Å². The normalized spacial score (nSPS) is 13.9. The van der Waals surface area contributed by atoms with E-state index in [2.05, 4.69) is 58.9 Å². The van der Waals surface area contributed by atoms with Gasteiger partial charge in [0.15, 0.2) is 0 Å². The summed E-state index contributed by atoms with van der Waals surface area (Å²) >= 11 is 0. The number of hydrogen-bond donors (Lipinski definition) is 0. The molecule has 0 aliphatic carbocycles. The molecule has 0 saturated carbocycles. The van der Waals surface area contributed by atoms with Crippen LogP contribution in [-0.4, -0.2) is 0 Å². The molecule has 0 radical (unpaired) electrons. The van der Waals surface area contributed by atoms with Gasteiger partial charge in [0.2, 0.25) is 0 Å². The van der Waals surface area contributed by atoms with E-state index in [0.29, 0.717) is 5.92 Å². The third kappa shape index (κ3) is 3.37. The van der Waals surface area contributed by atoms with Crippen molar-refractivity contribution in [2.45, 2.75) is 58.8 Å². The summed E-state index contributed by atoms with van der Waals surface area (Å²) in [6.45, 7) is 11.3. The van der Waals surface area contributed by atoms with Crippen molar-refractivity contribution in [3.63, 3.8) is 0 Å². The van der Waals surface area contributed by atoms with Gasteiger partial charge in [-0.3, -0.25) is 0 Å². The predicted molar refractivity (Wildman–Crippen MR) is 68.5 cm³/mol. The van der Waals surface area contributed by atoms with Gasteiger partial charge in [-0.1, -0.05) is 65.3 Å². The maximum atomic E-state index is 2.32. The molecule has 0 nitrogen and oxygen atoms in total. The molecule has 0 aliphatic heterocycles. The highest BCUT2D eigenvalue weighted by Crippen LogP contribution is 2.26. The van der Waals surface area contributed by atoms with Crippen molar-refractivity contribution < 1.29 is 0 Å². The average Bonchev–Trinajstić information content (AvgIpc) is 2.17. The fourth-order valence-electron chi connectivity index (χ4n) is 1.91. The van der Waals surface area contributed by atoms with Crippen molar-refractivity contribution in [3.8, 4) is 0 Å². The Labute approximate surface area is 94.7 Å². The van der Waals surface area contributed by atoms with E-state index in [1.807, 2.05) is 0 Å². The van der Waals surface area contributed by atoms with Gasteiger partial charge in [-0.2, -0.15) is 0 Å². The molecule has 0 heteroatoms. The molecule has 0 amide bonds. The van der Waals surface area contributed by atoms with E-state index in [1.54, 1.807) is 0 Å². The molecular formula is C15H24. The van der Waals surface area contributed by atoms with E-state index in [-0.39, 0.29) is 5.41 Å². The van der Waals surface area contributed by atoms with Gasteiger partial charge in [0, 0.05) is 0 Å². The molecule has 0 aromatic heterocycles. The summed E-state index contributed by atoms with van der Waals surface area (Å²) in [7, 11) is 0. The first kappa shape index (κ1) is 12.3. The summed E-state index contributed by atoms with van der Waals surface area (Å²) in [5, 5.41) is 0. The van der Waals surface area contributed by atoms with Crippen molar-refractivity contribution >= 4 is 0 Å². The Morgan fingerprint density at radius 2 is 1.60 bits per heavy atom. The first-order valence-corrected chi connectivity index (χ1v) is 6.05. The van der Waals surface area contributed by atoms with Crippen LogP contribution in [0.2, 0.25) is 0 Å². The SMILES string of the molecule is CCCC(C)c1ccc(C(C)(C)C)cc1. The largest absolute Gasteiger partial charge is 0.0654 e. The zero-order valence-electron chi connectivity index (χ0n) is 10.8. The fourth-order valence-corrected chi connectivity index (χ4v) is 1.91. The molecule has 1 aromatic rings. The fraction of sp³-hybridized carbons (Fsp3) is 0.600. The average molecular weight is 204 g/mol. The quantitative estimate of drug-likeness (QED) is 0.657. The maximum absolute atomic E-state index is 2.32. The van der Waals surface area contributed by atoms with Crippen LogP contribution in [0.1, 0.15) is 64.5 Å². The van der Waals surface area contributed by atoms with E-state index in [9.17, 15) is 0 Å². The molecule has 0 aliphatic rings.